The Morgan fingerprint density at radius 3 is 0.982 bits per heavy atom. The van der Waals surface area contributed by atoms with Gasteiger partial charge < -0.3 is 21.1 Å². The van der Waals surface area contributed by atoms with Crippen molar-refractivity contribution in [2.45, 2.75) is 42.8 Å². The second kappa shape index (κ2) is 17.8. The Bertz CT molecular complexity index is 1970. The maximum absolute atomic E-state index is 13.9. The van der Waals surface area contributed by atoms with Crippen LogP contribution in [-0.2, 0) is 30.3 Å². The molecule has 1 atom stereocenters. The van der Waals surface area contributed by atoms with Crippen LogP contribution in [0.2, 0.25) is 0 Å². The highest BCUT2D eigenvalue weighted by atomic mass is 16.4. The lowest BCUT2D eigenvalue weighted by Crippen LogP contribution is -2.51. The SMILES string of the molecule is O=C(CCCC(=O)NC(c1ccccc1)(c1ccccc1)c1ccccc1)NC(CC(=O)NC(c1ccccc1)(c1ccccc1)c1ccccc1)C(=O)O. The van der Waals surface area contributed by atoms with Crippen LogP contribution in [0.4, 0.5) is 0 Å². The third-order valence-corrected chi connectivity index (χ3v) is 9.73. The summed E-state index contributed by atoms with van der Waals surface area (Å²) in [6.45, 7) is 0. The van der Waals surface area contributed by atoms with Gasteiger partial charge in [0, 0.05) is 12.8 Å². The molecule has 6 aromatic carbocycles. The first-order chi connectivity index (χ1) is 26.8. The molecule has 1 unspecified atom stereocenters. The highest BCUT2D eigenvalue weighted by molar-refractivity contribution is 5.89. The van der Waals surface area contributed by atoms with Gasteiger partial charge in [-0.15, -0.1) is 0 Å². The van der Waals surface area contributed by atoms with E-state index in [1.54, 1.807) is 0 Å². The Hall–Kier alpha value is -6.80. The fourth-order valence-electron chi connectivity index (χ4n) is 7.16. The number of hydrogen-bond acceptors (Lipinski definition) is 4. The number of nitrogens with one attached hydrogen (secondary N) is 3. The summed E-state index contributed by atoms with van der Waals surface area (Å²) in [5, 5.41) is 19.1. The first kappa shape index (κ1) is 37.9. The van der Waals surface area contributed by atoms with Crippen molar-refractivity contribution in [3.8, 4) is 0 Å². The molecule has 0 aliphatic carbocycles. The Morgan fingerprint density at radius 2 is 0.691 bits per heavy atom. The molecule has 0 aliphatic rings. The predicted octanol–water partition coefficient (Wildman–Crippen LogP) is 7.33. The largest absolute Gasteiger partial charge is 0.480 e. The molecule has 276 valence electrons. The average Bonchev–Trinajstić information content (AvgIpc) is 3.23. The molecular formula is C47H43N3O5. The smallest absolute Gasteiger partial charge is 0.326 e. The zero-order valence-electron chi connectivity index (χ0n) is 30.3. The van der Waals surface area contributed by atoms with Gasteiger partial charge in [-0.1, -0.05) is 182 Å². The quantitative estimate of drug-likeness (QED) is 0.0777. The predicted molar refractivity (Wildman–Crippen MR) is 213 cm³/mol. The molecular weight excluding hydrogens is 687 g/mol. The molecule has 6 rings (SSSR count). The van der Waals surface area contributed by atoms with Crippen LogP contribution in [0.1, 0.15) is 59.1 Å². The summed E-state index contributed by atoms with van der Waals surface area (Å²) in [4.78, 5) is 53.2. The lowest BCUT2D eigenvalue weighted by molar-refractivity contribution is -0.143. The summed E-state index contributed by atoms with van der Waals surface area (Å²) in [5.41, 5.74) is 2.82. The number of rotatable bonds is 16. The minimum Gasteiger partial charge on any atom is -0.480 e. The summed E-state index contributed by atoms with van der Waals surface area (Å²) < 4.78 is 0. The first-order valence-electron chi connectivity index (χ1n) is 18.3. The van der Waals surface area contributed by atoms with Gasteiger partial charge >= 0.3 is 5.97 Å². The van der Waals surface area contributed by atoms with E-state index in [0.717, 1.165) is 33.4 Å². The van der Waals surface area contributed by atoms with Crippen LogP contribution in [0.15, 0.2) is 182 Å². The number of hydrogen-bond donors (Lipinski definition) is 4. The zero-order valence-corrected chi connectivity index (χ0v) is 30.3. The Balaban J connectivity index is 1.15. The summed E-state index contributed by atoms with van der Waals surface area (Å²) in [6.07, 6.45) is -0.462. The van der Waals surface area contributed by atoms with Gasteiger partial charge in [0.05, 0.1) is 6.42 Å². The average molecular weight is 730 g/mol. The van der Waals surface area contributed by atoms with E-state index in [1.807, 2.05) is 182 Å². The molecule has 8 nitrogen and oxygen atoms in total. The van der Waals surface area contributed by atoms with E-state index in [9.17, 15) is 24.3 Å². The topological polar surface area (TPSA) is 125 Å². The van der Waals surface area contributed by atoms with E-state index in [1.165, 1.54) is 0 Å². The van der Waals surface area contributed by atoms with Crippen LogP contribution in [0, 0.1) is 0 Å². The van der Waals surface area contributed by atoms with Gasteiger partial charge in [-0.3, -0.25) is 14.4 Å². The summed E-state index contributed by atoms with van der Waals surface area (Å²) in [6, 6.07) is 56.1. The minimum atomic E-state index is -1.50. The van der Waals surface area contributed by atoms with Crippen molar-refractivity contribution < 1.29 is 24.3 Å². The normalized spacial score (nSPS) is 11.9. The van der Waals surface area contributed by atoms with Gasteiger partial charge in [-0.25, -0.2) is 4.79 Å². The lowest BCUT2D eigenvalue weighted by Gasteiger charge is -2.37. The van der Waals surface area contributed by atoms with Crippen LogP contribution in [0.3, 0.4) is 0 Å². The highest BCUT2D eigenvalue weighted by Crippen LogP contribution is 2.38. The molecule has 8 heteroatoms. The molecule has 55 heavy (non-hydrogen) atoms. The molecule has 0 saturated carbocycles. The van der Waals surface area contributed by atoms with Crippen molar-refractivity contribution in [2.75, 3.05) is 0 Å². The molecule has 0 fully saturated rings. The first-order valence-corrected chi connectivity index (χ1v) is 18.3. The van der Waals surface area contributed by atoms with Crippen molar-refractivity contribution >= 4 is 23.7 Å². The summed E-state index contributed by atoms with van der Waals surface area (Å²) in [7, 11) is 0. The van der Waals surface area contributed by atoms with Crippen LogP contribution in [0.25, 0.3) is 0 Å². The Morgan fingerprint density at radius 1 is 0.418 bits per heavy atom. The molecule has 0 saturated heterocycles. The second-order valence-corrected chi connectivity index (χ2v) is 13.3. The van der Waals surface area contributed by atoms with Crippen LogP contribution in [0.5, 0.6) is 0 Å². The molecule has 0 heterocycles. The number of aliphatic carboxylic acids is 1. The number of benzene rings is 6. The van der Waals surface area contributed by atoms with E-state index in [-0.39, 0.29) is 25.2 Å². The van der Waals surface area contributed by atoms with Crippen molar-refractivity contribution in [3.05, 3.63) is 215 Å². The lowest BCUT2D eigenvalue weighted by atomic mass is 9.77. The highest BCUT2D eigenvalue weighted by Gasteiger charge is 2.40. The molecule has 6 aromatic rings. The number of carbonyl (C=O) groups excluding carboxylic acids is 3. The molecule has 4 N–H and O–H groups in total. The third kappa shape index (κ3) is 8.71. The maximum atomic E-state index is 13.9. The fourth-order valence-corrected chi connectivity index (χ4v) is 7.16. The molecule has 0 aliphatic heterocycles. The number of carboxylic acid groups (broad SMARTS) is 1. The third-order valence-electron chi connectivity index (χ3n) is 9.73. The van der Waals surface area contributed by atoms with Gasteiger partial charge in [0.1, 0.15) is 17.1 Å². The van der Waals surface area contributed by atoms with Crippen LogP contribution in [-0.4, -0.2) is 34.8 Å². The van der Waals surface area contributed by atoms with Gasteiger partial charge in [0.15, 0.2) is 0 Å². The monoisotopic (exact) mass is 729 g/mol. The van der Waals surface area contributed by atoms with Crippen molar-refractivity contribution in [1.29, 1.82) is 0 Å². The van der Waals surface area contributed by atoms with Crippen LogP contribution < -0.4 is 16.0 Å². The Labute approximate surface area is 321 Å². The van der Waals surface area contributed by atoms with E-state index >= 15 is 0 Å². The van der Waals surface area contributed by atoms with E-state index < -0.39 is 41.3 Å². The minimum absolute atomic E-state index is 0.00758. The van der Waals surface area contributed by atoms with E-state index in [0.29, 0.717) is 0 Å². The molecule has 0 spiro atoms. The number of carboxylic acids is 1. The maximum Gasteiger partial charge on any atom is 0.326 e. The van der Waals surface area contributed by atoms with Crippen molar-refractivity contribution in [2.24, 2.45) is 0 Å². The van der Waals surface area contributed by atoms with Crippen LogP contribution >= 0.6 is 0 Å². The molecule has 0 aromatic heterocycles. The zero-order chi connectivity index (χ0) is 38.5. The fraction of sp³-hybridized carbons (Fsp3) is 0.149. The molecule has 0 radical (unpaired) electrons. The summed E-state index contributed by atoms with van der Waals surface area (Å²) in [5.74, 6) is -2.77. The van der Waals surface area contributed by atoms with E-state index in [4.69, 9.17) is 0 Å². The van der Waals surface area contributed by atoms with Crippen molar-refractivity contribution in [3.63, 3.8) is 0 Å². The van der Waals surface area contributed by atoms with Gasteiger partial charge in [-0.05, 0) is 39.8 Å². The molecule has 3 amide bonds. The second-order valence-electron chi connectivity index (χ2n) is 13.3. The van der Waals surface area contributed by atoms with Gasteiger partial charge in [0.25, 0.3) is 0 Å². The summed E-state index contributed by atoms with van der Waals surface area (Å²) >= 11 is 0. The van der Waals surface area contributed by atoms with E-state index in [2.05, 4.69) is 16.0 Å². The number of carbonyl (C=O) groups is 4. The van der Waals surface area contributed by atoms with Gasteiger partial charge in [0.2, 0.25) is 17.7 Å². The number of amides is 3. The van der Waals surface area contributed by atoms with Gasteiger partial charge in [-0.2, -0.15) is 0 Å². The standard InChI is InChI=1S/C47H43N3O5/c51-42(32-19-33-43(52)49-46(35-20-7-1-8-21-35,36-22-9-2-10-23-36)37-24-11-3-12-25-37)48-41(45(54)55)34-44(53)50-47(38-26-13-4-14-27-38,39-28-15-5-16-29-39)40-30-17-6-18-31-40/h1-18,20-31,41H,19,32-34H2,(H,48,51)(H,49,52)(H,50,53)(H,54,55). The Kier molecular flexibility index (Phi) is 12.3. The van der Waals surface area contributed by atoms with Crippen molar-refractivity contribution in [1.82, 2.24) is 16.0 Å². The molecule has 0 bridgehead atoms.